The predicted octanol–water partition coefficient (Wildman–Crippen LogP) is 4.59. The molecule has 0 amide bonds. The molecule has 0 aliphatic carbocycles. The van der Waals surface area contributed by atoms with Crippen LogP contribution in [-0.4, -0.2) is 54.8 Å². The van der Waals surface area contributed by atoms with E-state index >= 15 is 0 Å². The normalized spacial score (nSPS) is 12.6. The van der Waals surface area contributed by atoms with E-state index in [2.05, 4.69) is 15.3 Å². The van der Waals surface area contributed by atoms with Gasteiger partial charge in [-0.1, -0.05) is 5.21 Å². The average molecular weight is 518 g/mol. The number of fused-ring (bicyclic) bond motifs is 1. The maximum absolute atomic E-state index is 12.7. The third-order valence-electron chi connectivity index (χ3n) is 5.58. The summed E-state index contributed by atoms with van der Waals surface area (Å²) in [6.45, 7) is 4.56. The lowest BCUT2D eigenvalue weighted by Gasteiger charge is -2.09. The SMILES string of the molecule is CCOC(=O)c1cc2cc(Cn3cc(C(O)CCC(F)(F)F)nn3)ccn2c1-c1ccc(OCC)nc1. The Balaban J connectivity index is 1.61. The number of carbonyl (C=O) groups excluding carboxylic acids is 1. The van der Waals surface area contributed by atoms with E-state index in [-0.39, 0.29) is 18.8 Å². The molecule has 0 fully saturated rings. The number of ether oxygens (including phenoxy) is 2. The van der Waals surface area contributed by atoms with Crippen LogP contribution in [0.2, 0.25) is 0 Å². The molecule has 4 heterocycles. The number of aromatic nitrogens is 5. The van der Waals surface area contributed by atoms with E-state index in [1.807, 2.05) is 29.5 Å². The Kier molecular flexibility index (Phi) is 7.77. The van der Waals surface area contributed by atoms with Crippen LogP contribution in [0.1, 0.15) is 54.4 Å². The number of aliphatic hydroxyl groups is 1. The molecule has 12 heteroatoms. The number of pyridine rings is 2. The van der Waals surface area contributed by atoms with E-state index in [1.54, 1.807) is 31.5 Å². The minimum Gasteiger partial charge on any atom is -0.478 e. The van der Waals surface area contributed by atoms with Crippen molar-refractivity contribution in [2.45, 2.75) is 45.5 Å². The first-order valence-electron chi connectivity index (χ1n) is 11.7. The van der Waals surface area contributed by atoms with Crippen LogP contribution in [0.5, 0.6) is 5.88 Å². The van der Waals surface area contributed by atoms with Gasteiger partial charge in [0.25, 0.3) is 0 Å². The molecule has 4 rings (SSSR count). The fourth-order valence-electron chi connectivity index (χ4n) is 3.91. The predicted molar refractivity (Wildman–Crippen MR) is 127 cm³/mol. The summed E-state index contributed by atoms with van der Waals surface area (Å²) in [4.78, 5) is 17.0. The van der Waals surface area contributed by atoms with Crippen LogP contribution in [0.15, 0.2) is 48.9 Å². The molecule has 1 atom stereocenters. The van der Waals surface area contributed by atoms with Gasteiger partial charge in [0.1, 0.15) is 5.69 Å². The van der Waals surface area contributed by atoms with Gasteiger partial charge in [0.05, 0.1) is 43.3 Å². The number of esters is 1. The molecule has 4 aromatic heterocycles. The Bertz CT molecular complexity index is 1370. The lowest BCUT2D eigenvalue weighted by molar-refractivity contribution is -0.140. The second-order valence-electron chi connectivity index (χ2n) is 8.29. The fourth-order valence-corrected chi connectivity index (χ4v) is 3.91. The number of hydrogen-bond donors (Lipinski definition) is 1. The second-order valence-corrected chi connectivity index (χ2v) is 8.29. The number of nitrogens with zero attached hydrogens (tertiary/aromatic N) is 5. The van der Waals surface area contributed by atoms with E-state index in [0.717, 1.165) is 11.1 Å². The molecule has 0 aliphatic heterocycles. The molecule has 0 saturated heterocycles. The lowest BCUT2D eigenvalue weighted by Crippen LogP contribution is -2.10. The number of hydrogen-bond acceptors (Lipinski definition) is 7. The highest BCUT2D eigenvalue weighted by Crippen LogP contribution is 2.30. The van der Waals surface area contributed by atoms with E-state index in [9.17, 15) is 23.1 Å². The minimum absolute atomic E-state index is 0.0721. The smallest absolute Gasteiger partial charge is 0.389 e. The largest absolute Gasteiger partial charge is 0.478 e. The molecule has 0 radical (unpaired) electrons. The van der Waals surface area contributed by atoms with Crippen LogP contribution in [0.4, 0.5) is 13.2 Å². The molecule has 196 valence electrons. The van der Waals surface area contributed by atoms with Crippen molar-refractivity contribution in [1.29, 1.82) is 0 Å². The molecule has 37 heavy (non-hydrogen) atoms. The third-order valence-corrected chi connectivity index (χ3v) is 5.58. The van der Waals surface area contributed by atoms with Crippen molar-refractivity contribution in [3.05, 3.63) is 65.7 Å². The van der Waals surface area contributed by atoms with Crippen LogP contribution in [0, 0.1) is 0 Å². The monoisotopic (exact) mass is 517 g/mol. The summed E-state index contributed by atoms with van der Waals surface area (Å²) in [6.07, 6.45) is -2.46. The number of carbonyl (C=O) groups is 1. The summed E-state index contributed by atoms with van der Waals surface area (Å²) in [7, 11) is 0. The van der Waals surface area contributed by atoms with Gasteiger partial charge in [-0.15, -0.1) is 5.10 Å². The Labute approximate surface area is 210 Å². The first-order valence-corrected chi connectivity index (χ1v) is 11.7. The van der Waals surface area contributed by atoms with Crippen molar-refractivity contribution < 1.29 is 32.5 Å². The Morgan fingerprint density at radius 2 is 1.97 bits per heavy atom. The summed E-state index contributed by atoms with van der Waals surface area (Å²) < 4.78 is 51.3. The molecule has 0 spiro atoms. The highest BCUT2D eigenvalue weighted by atomic mass is 19.4. The topological polar surface area (TPSA) is 104 Å². The Morgan fingerprint density at radius 3 is 2.65 bits per heavy atom. The van der Waals surface area contributed by atoms with Crippen molar-refractivity contribution in [2.24, 2.45) is 0 Å². The van der Waals surface area contributed by atoms with Gasteiger partial charge in [0.15, 0.2) is 0 Å². The maximum atomic E-state index is 12.7. The van der Waals surface area contributed by atoms with Gasteiger partial charge < -0.3 is 19.0 Å². The molecule has 0 aromatic carbocycles. The van der Waals surface area contributed by atoms with Crippen LogP contribution in [-0.2, 0) is 11.3 Å². The highest BCUT2D eigenvalue weighted by Gasteiger charge is 2.29. The van der Waals surface area contributed by atoms with Gasteiger partial charge in [0.2, 0.25) is 5.88 Å². The molecule has 0 bridgehead atoms. The van der Waals surface area contributed by atoms with Gasteiger partial charge >= 0.3 is 12.1 Å². The molecular weight excluding hydrogens is 491 g/mol. The molecule has 4 aromatic rings. The summed E-state index contributed by atoms with van der Waals surface area (Å²) in [5, 5.41) is 17.7. The minimum atomic E-state index is -4.35. The van der Waals surface area contributed by atoms with E-state index in [4.69, 9.17) is 9.47 Å². The summed E-state index contributed by atoms with van der Waals surface area (Å²) >= 11 is 0. The van der Waals surface area contributed by atoms with Gasteiger partial charge in [-0.2, -0.15) is 13.2 Å². The van der Waals surface area contributed by atoms with Crippen molar-refractivity contribution in [3.8, 4) is 17.1 Å². The van der Waals surface area contributed by atoms with Gasteiger partial charge in [-0.3, -0.25) is 0 Å². The van der Waals surface area contributed by atoms with Crippen molar-refractivity contribution in [1.82, 2.24) is 24.4 Å². The summed E-state index contributed by atoms with van der Waals surface area (Å²) in [5.41, 5.74) is 3.29. The Morgan fingerprint density at radius 1 is 1.16 bits per heavy atom. The van der Waals surface area contributed by atoms with Crippen LogP contribution < -0.4 is 4.74 Å². The van der Waals surface area contributed by atoms with E-state index in [0.29, 0.717) is 29.3 Å². The number of aliphatic hydroxyl groups excluding tert-OH is 1. The second kappa shape index (κ2) is 11.0. The van der Waals surface area contributed by atoms with Crippen molar-refractivity contribution in [3.63, 3.8) is 0 Å². The maximum Gasteiger partial charge on any atom is 0.389 e. The zero-order chi connectivity index (χ0) is 26.6. The zero-order valence-corrected chi connectivity index (χ0v) is 20.3. The van der Waals surface area contributed by atoms with Crippen molar-refractivity contribution >= 4 is 11.5 Å². The van der Waals surface area contributed by atoms with Gasteiger partial charge in [-0.25, -0.2) is 14.5 Å². The van der Waals surface area contributed by atoms with Gasteiger partial charge in [-0.05, 0) is 50.1 Å². The standard InChI is InChI=1S/C25H26F3N5O4/c1-3-36-22-6-5-17(13-29-22)23-19(24(35)37-4-2)12-18-11-16(8-10-33(18)23)14-32-15-20(30-31-32)21(34)7-9-25(26,27)28/h5-6,8,10-13,15,21,34H,3-4,7,9,14H2,1-2H3. The molecular formula is C25H26F3N5O4. The quantitative estimate of drug-likeness (QED) is 0.307. The summed E-state index contributed by atoms with van der Waals surface area (Å²) in [6, 6.07) is 8.95. The molecule has 0 aliphatic rings. The van der Waals surface area contributed by atoms with E-state index in [1.165, 1.54) is 10.9 Å². The van der Waals surface area contributed by atoms with Crippen LogP contribution >= 0.6 is 0 Å². The zero-order valence-electron chi connectivity index (χ0n) is 20.3. The summed E-state index contributed by atoms with van der Waals surface area (Å²) in [5.74, 6) is 0.00760. The first-order chi connectivity index (χ1) is 17.7. The molecule has 0 saturated carbocycles. The number of halogens is 3. The first kappa shape index (κ1) is 26.1. The highest BCUT2D eigenvalue weighted by molar-refractivity contribution is 5.99. The lowest BCUT2D eigenvalue weighted by atomic mass is 10.1. The average Bonchev–Trinajstić information content (AvgIpc) is 3.48. The van der Waals surface area contributed by atoms with Crippen LogP contribution in [0.3, 0.4) is 0 Å². The number of rotatable bonds is 10. The molecule has 9 nitrogen and oxygen atoms in total. The Hall–Kier alpha value is -3.93. The fraction of sp³-hybridized carbons (Fsp3) is 0.360. The third kappa shape index (κ3) is 6.26. The van der Waals surface area contributed by atoms with Crippen molar-refractivity contribution in [2.75, 3.05) is 13.2 Å². The van der Waals surface area contributed by atoms with Crippen LogP contribution in [0.25, 0.3) is 16.8 Å². The van der Waals surface area contributed by atoms with E-state index < -0.39 is 31.1 Å². The number of alkyl halides is 3. The molecule has 1 N–H and O–H groups in total. The van der Waals surface area contributed by atoms with Gasteiger partial charge in [0, 0.05) is 36.0 Å². The molecule has 1 unspecified atom stereocenters.